The van der Waals surface area contributed by atoms with E-state index in [4.69, 9.17) is 11.6 Å². The van der Waals surface area contributed by atoms with Crippen LogP contribution >= 0.6 is 23.4 Å². The van der Waals surface area contributed by atoms with Crippen molar-refractivity contribution >= 4 is 58.2 Å². The average Bonchev–Trinajstić information content (AvgIpc) is 2.94. The van der Waals surface area contributed by atoms with Crippen LogP contribution in [0.2, 0.25) is 5.02 Å². The van der Waals surface area contributed by atoms with Crippen molar-refractivity contribution in [2.24, 2.45) is 0 Å². The molecule has 2 amide bonds. The summed E-state index contributed by atoms with van der Waals surface area (Å²) in [6.07, 6.45) is 0. The SMILES string of the molecule is O=C(Nc1ccc(SC(C(=O)Nc2ccc(Cl)c(C(=O)O)c2)c2ccccc2)cc1)c1ccc([N+](=O)[O-])cc1. The van der Waals surface area contributed by atoms with Crippen molar-refractivity contribution in [2.45, 2.75) is 10.1 Å². The lowest BCUT2D eigenvalue weighted by Gasteiger charge is -2.18. The maximum Gasteiger partial charge on any atom is 0.337 e. The second-order valence-corrected chi connectivity index (χ2v) is 9.77. The number of nitro groups is 1. The van der Waals surface area contributed by atoms with E-state index in [2.05, 4.69) is 10.6 Å². The molecule has 4 aromatic rings. The lowest BCUT2D eigenvalue weighted by Crippen LogP contribution is -2.19. The number of halogens is 1. The number of carboxylic acid groups (broad SMARTS) is 1. The monoisotopic (exact) mass is 561 g/mol. The van der Waals surface area contributed by atoms with Crippen molar-refractivity contribution in [2.75, 3.05) is 10.6 Å². The number of hydrogen-bond donors (Lipinski definition) is 3. The molecule has 0 aliphatic rings. The number of amides is 2. The Labute approximate surface area is 232 Å². The minimum atomic E-state index is -1.20. The van der Waals surface area contributed by atoms with E-state index in [-0.39, 0.29) is 27.7 Å². The molecule has 3 N–H and O–H groups in total. The molecule has 0 saturated heterocycles. The summed E-state index contributed by atoms with van der Waals surface area (Å²) in [6.45, 7) is 0. The maximum absolute atomic E-state index is 13.3. The van der Waals surface area contributed by atoms with Gasteiger partial charge in [-0.2, -0.15) is 0 Å². The zero-order chi connectivity index (χ0) is 27.9. The first kappa shape index (κ1) is 27.4. The third-order valence-corrected chi connectivity index (χ3v) is 7.11. The summed E-state index contributed by atoms with van der Waals surface area (Å²) in [5, 5.41) is 25.0. The molecule has 0 saturated carbocycles. The molecule has 196 valence electrons. The summed E-state index contributed by atoms with van der Waals surface area (Å²) in [4.78, 5) is 48.2. The number of nitro benzene ring substituents is 1. The summed E-state index contributed by atoms with van der Waals surface area (Å²) >= 11 is 7.22. The average molecular weight is 562 g/mol. The Morgan fingerprint density at radius 1 is 0.846 bits per heavy atom. The third-order valence-electron chi connectivity index (χ3n) is 5.51. The van der Waals surface area contributed by atoms with Crippen LogP contribution < -0.4 is 10.6 Å². The number of non-ortho nitro benzene ring substituents is 1. The molecule has 39 heavy (non-hydrogen) atoms. The Kier molecular flexibility index (Phi) is 8.60. The van der Waals surface area contributed by atoms with Gasteiger partial charge in [-0.15, -0.1) is 11.8 Å². The van der Waals surface area contributed by atoms with Crippen molar-refractivity contribution in [3.05, 3.63) is 129 Å². The molecule has 0 aliphatic carbocycles. The van der Waals surface area contributed by atoms with E-state index in [1.165, 1.54) is 54.2 Å². The van der Waals surface area contributed by atoms with Crippen LogP contribution in [0.1, 0.15) is 31.5 Å². The molecular formula is C28H20ClN3O6S. The quantitative estimate of drug-likeness (QED) is 0.118. The summed E-state index contributed by atoms with van der Waals surface area (Å²) < 4.78 is 0. The number of anilines is 2. The van der Waals surface area contributed by atoms with Gasteiger partial charge in [0.1, 0.15) is 5.25 Å². The molecule has 0 spiro atoms. The van der Waals surface area contributed by atoms with Crippen LogP contribution in [-0.2, 0) is 4.79 Å². The molecule has 0 heterocycles. The van der Waals surface area contributed by atoms with Gasteiger partial charge in [-0.25, -0.2) is 4.79 Å². The van der Waals surface area contributed by atoms with E-state index in [0.29, 0.717) is 11.4 Å². The molecule has 0 fully saturated rings. The molecule has 0 aliphatic heterocycles. The summed E-state index contributed by atoms with van der Waals surface area (Å²) in [5.41, 5.74) is 1.59. The predicted octanol–water partition coefficient (Wildman–Crippen LogP) is 6.67. The molecule has 11 heteroatoms. The second kappa shape index (κ2) is 12.2. The minimum Gasteiger partial charge on any atom is -0.478 e. The molecule has 0 aromatic heterocycles. The highest BCUT2D eigenvalue weighted by Crippen LogP contribution is 2.37. The van der Waals surface area contributed by atoms with Gasteiger partial charge < -0.3 is 15.7 Å². The zero-order valence-corrected chi connectivity index (χ0v) is 21.6. The highest BCUT2D eigenvalue weighted by molar-refractivity contribution is 8.00. The lowest BCUT2D eigenvalue weighted by molar-refractivity contribution is -0.384. The molecular weight excluding hydrogens is 542 g/mol. The number of carbonyl (C=O) groups excluding carboxylic acids is 2. The fourth-order valence-electron chi connectivity index (χ4n) is 3.57. The van der Waals surface area contributed by atoms with Crippen LogP contribution in [0, 0.1) is 10.1 Å². The van der Waals surface area contributed by atoms with Gasteiger partial charge in [-0.05, 0) is 60.2 Å². The lowest BCUT2D eigenvalue weighted by atomic mass is 10.1. The summed E-state index contributed by atoms with van der Waals surface area (Å²) in [7, 11) is 0. The largest absolute Gasteiger partial charge is 0.478 e. The van der Waals surface area contributed by atoms with Crippen molar-refractivity contribution in [3.8, 4) is 0 Å². The van der Waals surface area contributed by atoms with Crippen LogP contribution in [0.5, 0.6) is 0 Å². The number of carboxylic acids is 1. The maximum atomic E-state index is 13.3. The number of thioether (sulfide) groups is 1. The number of nitrogens with one attached hydrogen (secondary N) is 2. The van der Waals surface area contributed by atoms with Crippen LogP contribution in [0.15, 0.2) is 102 Å². The van der Waals surface area contributed by atoms with Crippen LogP contribution in [0.4, 0.5) is 17.1 Å². The Bertz CT molecular complexity index is 1530. The molecule has 4 rings (SSSR count). The first-order chi connectivity index (χ1) is 18.7. The molecule has 1 atom stereocenters. The van der Waals surface area contributed by atoms with E-state index >= 15 is 0 Å². The van der Waals surface area contributed by atoms with Crippen molar-refractivity contribution in [3.63, 3.8) is 0 Å². The van der Waals surface area contributed by atoms with Gasteiger partial charge in [0.15, 0.2) is 0 Å². The van der Waals surface area contributed by atoms with E-state index in [1.54, 1.807) is 24.3 Å². The van der Waals surface area contributed by atoms with Gasteiger partial charge in [0.2, 0.25) is 5.91 Å². The number of nitrogens with zero attached hydrogens (tertiary/aromatic N) is 1. The smallest absolute Gasteiger partial charge is 0.337 e. The Morgan fingerprint density at radius 3 is 2.10 bits per heavy atom. The van der Waals surface area contributed by atoms with Crippen LogP contribution in [0.3, 0.4) is 0 Å². The molecule has 4 aromatic carbocycles. The first-order valence-electron chi connectivity index (χ1n) is 11.4. The number of rotatable bonds is 9. The van der Waals surface area contributed by atoms with Crippen molar-refractivity contribution in [1.29, 1.82) is 0 Å². The Hall–Kier alpha value is -4.67. The third kappa shape index (κ3) is 7.01. The van der Waals surface area contributed by atoms with Crippen LogP contribution in [0.25, 0.3) is 0 Å². The molecule has 9 nitrogen and oxygen atoms in total. The van der Waals surface area contributed by atoms with Gasteiger partial charge >= 0.3 is 5.97 Å². The highest BCUT2D eigenvalue weighted by atomic mass is 35.5. The number of aromatic carboxylic acids is 1. The fraction of sp³-hybridized carbons (Fsp3) is 0.0357. The number of carbonyl (C=O) groups is 3. The van der Waals surface area contributed by atoms with E-state index in [1.807, 2.05) is 30.3 Å². The molecule has 1 unspecified atom stereocenters. The summed E-state index contributed by atoms with van der Waals surface area (Å²) in [6, 6.07) is 25.5. The summed E-state index contributed by atoms with van der Waals surface area (Å²) in [5.74, 6) is -1.98. The number of hydrogen-bond acceptors (Lipinski definition) is 6. The predicted molar refractivity (Wildman–Crippen MR) is 150 cm³/mol. The second-order valence-electron chi connectivity index (χ2n) is 8.18. The Morgan fingerprint density at radius 2 is 1.49 bits per heavy atom. The van der Waals surface area contributed by atoms with Crippen LogP contribution in [-0.4, -0.2) is 27.8 Å². The van der Waals surface area contributed by atoms with Gasteiger partial charge in [0.25, 0.3) is 11.6 Å². The zero-order valence-electron chi connectivity index (χ0n) is 20.0. The first-order valence-corrected chi connectivity index (χ1v) is 12.7. The van der Waals surface area contributed by atoms with Crippen molar-refractivity contribution < 1.29 is 24.4 Å². The topological polar surface area (TPSA) is 139 Å². The normalized spacial score (nSPS) is 11.3. The van der Waals surface area contributed by atoms with Gasteiger partial charge in [-0.3, -0.25) is 19.7 Å². The van der Waals surface area contributed by atoms with Crippen molar-refractivity contribution in [1.82, 2.24) is 0 Å². The molecule has 0 radical (unpaired) electrons. The van der Waals surface area contributed by atoms with Gasteiger partial charge in [0.05, 0.1) is 15.5 Å². The van der Waals surface area contributed by atoms with E-state index in [0.717, 1.165) is 10.5 Å². The van der Waals surface area contributed by atoms with E-state index < -0.39 is 22.0 Å². The standard InChI is InChI=1S/C28H20ClN3O6S/c29-24-15-10-20(16-23(24)28(35)36)31-27(34)25(17-4-2-1-3-5-17)39-22-13-8-19(9-14-22)30-26(33)18-6-11-21(12-7-18)32(37)38/h1-16,25H,(H,30,33)(H,31,34)(H,35,36). The van der Waals surface area contributed by atoms with E-state index in [9.17, 15) is 29.6 Å². The minimum absolute atomic E-state index is 0.0650. The Balaban J connectivity index is 1.48. The fourth-order valence-corrected chi connectivity index (χ4v) is 4.79. The molecule has 0 bridgehead atoms. The highest BCUT2D eigenvalue weighted by Gasteiger charge is 2.23. The van der Waals surface area contributed by atoms with Gasteiger partial charge in [0, 0.05) is 34.0 Å². The van der Waals surface area contributed by atoms with Gasteiger partial charge in [-0.1, -0.05) is 41.9 Å². The number of benzene rings is 4.